The van der Waals surface area contributed by atoms with Gasteiger partial charge < -0.3 is 24.3 Å². The van der Waals surface area contributed by atoms with Crippen LogP contribution < -0.4 is 19.5 Å². The maximum Gasteiger partial charge on any atom is 0.344 e. The van der Waals surface area contributed by atoms with Crippen molar-refractivity contribution < 1.29 is 28.5 Å². The van der Waals surface area contributed by atoms with Gasteiger partial charge in [-0.15, -0.1) is 0 Å². The summed E-state index contributed by atoms with van der Waals surface area (Å²) in [6.45, 7) is 2.90. The van der Waals surface area contributed by atoms with Crippen LogP contribution in [-0.4, -0.2) is 38.8 Å². The number of rotatable bonds is 9. The van der Waals surface area contributed by atoms with Crippen molar-refractivity contribution in [3.05, 3.63) is 41.5 Å². The van der Waals surface area contributed by atoms with E-state index in [-0.39, 0.29) is 12.5 Å². The lowest BCUT2D eigenvalue weighted by atomic mass is 9.86. The number of nitrogens with one attached hydrogen (secondary N) is 1. The van der Waals surface area contributed by atoms with Gasteiger partial charge in [-0.05, 0) is 55.0 Å². The Balaban J connectivity index is 1.66. The molecule has 0 radical (unpaired) electrons. The predicted molar refractivity (Wildman–Crippen MR) is 115 cm³/mol. The topological polar surface area (TPSA) is 83.1 Å². The van der Waals surface area contributed by atoms with Crippen LogP contribution in [0.4, 0.5) is 0 Å². The zero-order valence-corrected chi connectivity index (χ0v) is 17.9. The van der Waals surface area contributed by atoms with Crippen LogP contribution in [0.25, 0.3) is 11.1 Å². The molecule has 1 heterocycles. The summed E-state index contributed by atoms with van der Waals surface area (Å²) in [5, 5.41) is 2.86. The van der Waals surface area contributed by atoms with Gasteiger partial charge in [0.1, 0.15) is 0 Å². The largest absolute Gasteiger partial charge is 0.493 e. The molecule has 1 N–H and O–H groups in total. The first kappa shape index (κ1) is 21.0. The summed E-state index contributed by atoms with van der Waals surface area (Å²) in [6, 6.07) is 9.21. The molecule has 7 heteroatoms. The minimum absolute atomic E-state index is 0.0996. The third-order valence-electron chi connectivity index (χ3n) is 5.76. The van der Waals surface area contributed by atoms with Gasteiger partial charge in [-0.2, -0.15) is 0 Å². The van der Waals surface area contributed by atoms with E-state index in [9.17, 15) is 9.59 Å². The summed E-state index contributed by atoms with van der Waals surface area (Å²) in [5.74, 6) is 1.27. The van der Waals surface area contributed by atoms with Crippen molar-refractivity contribution in [3.8, 4) is 28.4 Å². The summed E-state index contributed by atoms with van der Waals surface area (Å²) >= 11 is 0. The lowest BCUT2D eigenvalue weighted by molar-refractivity contribution is -0.148. The highest BCUT2D eigenvalue weighted by Gasteiger charge is 2.26. The van der Waals surface area contributed by atoms with Crippen molar-refractivity contribution in [2.45, 2.75) is 32.7 Å². The van der Waals surface area contributed by atoms with E-state index in [2.05, 4.69) is 5.32 Å². The van der Waals surface area contributed by atoms with Crippen LogP contribution in [0.3, 0.4) is 0 Å². The minimum atomic E-state index is -0.418. The van der Waals surface area contributed by atoms with Gasteiger partial charge in [-0.3, -0.25) is 4.79 Å². The number of hydrogen-bond acceptors (Lipinski definition) is 6. The van der Waals surface area contributed by atoms with Gasteiger partial charge in [0.05, 0.1) is 20.3 Å². The van der Waals surface area contributed by atoms with Crippen molar-refractivity contribution in [1.29, 1.82) is 0 Å². The number of benzene rings is 2. The SMILES string of the molecule is CCOc1c(OC)ccc(-c2cccc3c2CNC3=O)c1OCC(=O)OCC1CCC1. The molecule has 0 unspecified atom stereocenters. The fraction of sp³-hybridized carbons (Fsp3) is 0.417. The Hall–Kier alpha value is -3.22. The Morgan fingerprint density at radius 3 is 2.58 bits per heavy atom. The molecule has 0 atom stereocenters. The number of methoxy groups -OCH3 is 1. The van der Waals surface area contributed by atoms with Gasteiger partial charge in [0.2, 0.25) is 5.75 Å². The molecule has 0 saturated heterocycles. The van der Waals surface area contributed by atoms with Crippen LogP contribution in [0.2, 0.25) is 0 Å². The van der Waals surface area contributed by atoms with Crippen molar-refractivity contribution >= 4 is 11.9 Å². The second-order valence-electron chi connectivity index (χ2n) is 7.69. The van der Waals surface area contributed by atoms with Gasteiger partial charge >= 0.3 is 5.97 Å². The molecular weight excluding hydrogens is 398 g/mol. The molecule has 1 fully saturated rings. The van der Waals surface area contributed by atoms with E-state index in [1.54, 1.807) is 19.2 Å². The maximum absolute atomic E-state index is 12.3. The quantitative estimate of drug-likeness (QED) is 0.617. The van der Waals surface area contributed by atoms with Crippen LogP contribution in [0.5, 0.6) is 17.2 Å². The number of hydrogen-bond donors (Lipinski definition) is 1. The van der Waals surface area contributed by atoms with E-state index >= 15 is 0 Å². The van der Waals surface area contributed by atoms with Gasteiger partial charge in [0, 0.05) is 17.7 Å². The zero-order valence-electron chi connectivity index (χ0n) is 17.9. The summed E-state index contributed by atoms with van der Waals surface area (Å²) in [6.07, 6.45) is 3.41. The Kier molecular flexibility index (Phi) is 6.30. The number of carbonyl (C=O) groups excluding carboxylic acids is 2. The number of carbonyl (C=O) groups is 2. The summed E-state index contributed by atoms with van der Waals surface area (Å²) in [5.41, 5.74) is 3.09. The van der Waals surface area contributed by atoms with E-state index in [0.717, 1.165) is 29.5 Å². The predicted octanol–water partition coefficient (Wildman–Crippen LogP) is 3.73. The Morgan fingerprint density at radius 2 is 1.87 bits per heavy atom. The molecule has 0 bridgehead atoms. The molecule has 0 spiro atoms. The van der Waals surface area contributed by atoms with E-state index in [1.165, 1.54) is 6.42 Å². The number of amides is 1. The van der Waals surface area contributed by atoms with Gasteiger partial charge in [-0.25, -0.2) is 4.79 Å². The monoisotopic (exact) mass is 425 g/mol. The Bertz CT molecular complexity index is 982. The maximum atomic E-state index is 12.3. The molecule has 1 aliphatic heterocycles. The zero-order chi connectivity index (χ0) is 21.8. The molecule has 4 rings (SSSR count). The van der Waals surface area contributed by atoms with Crippen molar-refractivity contribution in [1.82, 2.24) is 5.32 Å². The third-order valence-corrected chi connectivity index (χ3v) is 5.76. The molecule has 2 aliphatic rings. The van der Waals surface area contributed by atoms with Crippen molar-refractivity contribution in [3.63, 3.8) is 0 Å². The average molecular weight is 425 g/mol. The van der Waals surface area contributed by atoms with Crippen LogP contribution in [0.1, 0.15) is 42.1 Å². The molecule has 1 amide bonds. The molecule has 1 saturated carbocycles. The highest BCUT2D eigenvalue weighted by molar-refractivity contribution is 6.01. The molecule has 31 heavy (non-hydrogen) atoms. The van der Waals surface area contributed by atoms with E-state index < -0.39 is 5.97 Å². The fourth-order valence-electron chi connectivity index (χ4n) is 3.89. The second kappa shape index (κ2) is 9.29. The van der Waals surface area contributed by atoms with Crippen LogP contribution in [0, 0.1) is 5.92 Å². The van der Waals surface area contributed by atoms with Crippen LogP contribution in [0.15, 0.2) is 30.3 Å². The fourth-order valence-corrected chi connectivity index (χ4v) is 3.89. The summed E-state index contributed by atoms with van der Waals surface area (Å²) in [7, 11) is 1.55. The van der Waals surface area contributed by atoms with Crippen LogP contribution >= 0.6 is 0 Å². The average Bonchev–Trinajstić information content (AvgIpc) is 3.12. The van der Waals surface area contributed by atoms with Gasteiger partial charge in [0.15, 0.2) is 18.1 Å². The molecule has 2 aromatic carbocycles. The van der Waals surface area contributed by atoms with Gasteiger partial charge in [0.25, 0.3) is 5.91 Å². The van der Waals surface area contributed by atoms with Gasteiger partial charge in [-0.1, -0.05) is 18.6 Å². The highest BCUT2D eigenvalue weighted by atomic mass is 16.6. The first-order valence-electron chi connectivity index (χ1n) is 10.6. The smallest absolute Gasteiger partial charge is 0.344 e. The van der Waals surface area contributed by atoms with Crippen LogP contribution in [-0.2, 0) is 16.1 Å². The Labute approximate surface area is 181 Å². The van der Waals surface area contributed by atoms with Crippen molar-refractivity contribution in [2.24, 2.45) is 5.92 Å². The highest BCUT2D eigenvalue weighted by Crippen LogP contribution is 2.46. The molecule has 0 aromatic heterocycles. The molecule has 2 aromatic rings. The number of ether oxygens (including phenoxy) is 4. The van der Waals surface area contributed by atoms with E-state index in [0.29, 0.717) is 48.5 Å². The molecule has 164 valence electrons. The first-order chi connectivity index (χ1) is 15.1. The second-order valence-corrected chi connectivity index (χ2v) is 7.69. The molecule has 1 aliphatic carbocycles. The third kappa shape index (κ3) is 4.31. The summed E-state index contributed by atoms with van der Waals surface area (Å²) < 4.78 is 22.6. The van der Waals surface area contributed by atoms with Crippen molar-refractivity contribution in [2.75, 3.05) is 26.9 Å². The summed E-state index contributed by atoms with van der Waals surface area (Å²) in [4.78, 5) is 24.4. The number of esters is 1. The first-order valence-corrected chi connectivity index (χ1v) is 10.6. The lowest BCUT2D eigenvalue weighted by Crippen LogP contribution is -2.23. The van der Waals surface area contributed by atoms with E-state index in [1.807, 2.05) is 25.1 Å². The Morgan fingerprint density at radius 1 is 1.06 bits per heavy atom. The van der Waals surface area contributed by atoms with E-state index in [4.69, 9.17) is 18.9 Å². The number of fused-ring (bicyclic) bond motifs is 1. The minimum Gasteiger partial charge on any atom is -0.493 e. The molecule has 7 nitrogen and oxygen atoms in total. The lowest BCUT2D eigenvalue weighted by Gasteiger charge is -2.24. The molecular formula is C24H27NO6. The normalized spacial score (nSPS) is 15.0. The standard InChI is InChI=1S/C24H27NO6/c1-3-29-23-20(28-2)11-10-17(16-8-5-9-18-19(16)12-25-24(18)27)22(23)31-14-21(26)30-13-15-6-4-7-15/h5,8-11,15H,3-4,6-7,12-14H2,1-2H3,(H,25,27).